The maximum Gasteiger partial charge on any atom is 0.305 e. The first-order valence-electron chi connectivity index (χ1n) is 20.6. The van der Waals surface area contributed by atoms with Gasteiger partial charge in [0.2, 0.25) is 0 Å². The molecule has 0 aromatic heterocycles. The van der Waals surface area contributed by atoms with Gasteiger partial charge in [-0.15, -0.1) is 0 Å². The minimum absolute atomic E-state index is 0.107. The zero-order chi connectivity index (χ0) is 33.6. The molecule has 0 aliphatic heterocycles. The van der Waals surface area contributed by atoms with Crippen LogP contribution in [-0.2, 0) is 19.1 Å². The Balaban J connectivity index is 3.36. The Morgan fingerprint density at radius 2 is 0.565 bits per heavy atom. The zero-order valence-electron chi connectivity index (χ0n) is 31.1. The number of esters is 2. The third-order valence-electron chi connectivity index (χ3n) is 9.34. The van der Waals surface area contributed by atoms with Gasteiger partial charge in [-0.1, -0.05) is 206 Å². The zero-order valence-corrected chi connectivity index (χ0v) is 31.1. The fraction of sp³-hybridized carbons (Fsp3) is 0.951. The van der Waals surface area contributed by atoms with Crippen molar-refractivity contribution in [3.05, 3.63) is 0 Å². The molecule has 46 heavy (non-hydrogen) atoms. The highest BCUT2D eigenvalue weighted by Crippen LogP contribution is 2.16. The van der Waals surface area contributed by atoms with E-state index in [0.717, 1.165) is 25.7 Å². The summed E-state index contributed by atoms with van der Waals surface area (Å²) in [7, 11) is 0. The van der Waals surface area contributed by atoms with Crippen LogP contribution in [-0.4, -0.2) is 36.4 Å². The van der Waals surface area contributed by atoms with Crippen molar-refractivity contribution >= 4 is 11.9 Å². The summed E-state index contributed by atoms with van der Waals surface area (Å²) in [6.45, 7) is 4.33. The molecule has 0 saturated carbocycles. The second kappa shape index (κ2) is 38.3. The van der Waals surface area contributed by atoms with Gasteiger partial charge in [-0.05, 0) is 12.8 Å². The molecule has 1 N–H and O–H groups in total. The van der Waals surface area contributed by atoms with E-state index in [1.54, 1.807) is 0 Å². The van der Waals surface area contributed by atoms with Gasteiger partial charge in [0.1, 0.15) is 19.3 Å². The highest BCUT2D eigenvalue weighted by atomic mass is 16.6. The Kier molecular flexibility index (Phi) is 37.4. The Morgan fingerprint density at radius 1 is 0.370 bits per heavy atom. The van der Waals surface area contributed by atoms with Crippen LogP contribution in [0, 0.1) is 0 Å². The smallest absolute Gasteiger partial charge is 0.305 e. The second-order valence-corrected chi connectivity index (χ2v) is 14.1. The molecule has 0 spiro atoms. The number of aliphatic hydroxyl groups is 1. The summed E-state index contributed by atoms with van der Waals surface area (Å²) in [6.07, 6.45) is 41.6. The lowest BCUT2D eigenvalue weighted by Crippen LogP contribution is -2.25. The van der Waals surface area contributed by atoms with E-state index in [4.69, 9.17) is 9.47 Å². The van der Waals surface area contributed by atoms with Gasteiger partial charge in [0, 0.05) is 12.8 Å². The average molecular weight is 653 g/mol. The van der Waals surface area contributed by atoms with Crippen LogP contribution in [0.1, 0.15) is 232 Å². The molecule has 274 valence electrons. The third kappa shape index (κ3) is 37.4. The molecule has 5 nitrogen and oxygen atoms in total. The Morgan fingerprint density at radius 3 is 0.783 bits per heavy atom. The first-order chi connectivity index (χ1) is 22.6. The number of carbonyl (C=O) groups is 2. The molecule has 5 heteroatoms. The molecule has 0 radical (unpaired) electrons. The Labute approximate surface area is 287 Å². The van der Waals surface area contributed by atoms with Crippen molar-refractivity contribution < 1.29 is 24.2 Å². The van der Waals surface area contributed by atoms with E-state index in [2.05, 4.69) is 13.8 Å². The summed E-state index contributed by atoms with van der Waals surface area (Å²) in [5, 5.41) is 10.0. The summed E-state index contributed by atoms with van der Waals surface area (Å²) in [5.41, 5.74) is 0. The van der Waals surface area contributed by atoms with Gasteiger partial charge in [0.25, 0.3) is 0 Å². The van der Waals surface area contributed by atoms with Crippen molar-refractivity contribution in [3.63, 3.8) is 0 Å². The molecule has 0 amide bonds. The van der Waals surface area contributed by atoms with Crippen molar-refractivity contribution in [3.8, 4) is 0 Å². The molecule has 0 bridgehead atoms. The molecule has 0 rings (SSSR count). The van der Waals surface area contributed by atoms with Crippen LogP contribution in [0.5, 0.6) is 0 Å². The normalized spacial score (nSPS) is 12.0. The third-order valence-corrected chi connectivity index (χ3v) is 9.34. The predicted molar refractivity (Wildman–Crippen MR) is 196 cm³/mol. The molecule has 0 aliphatic carbocycles. The summed E-state index contributed by atoms with van der Waals surface area (Å²) >= 11 is 0. The number of aliphatic hydroxyl groups excluding tert-OH is 1. The van der Waals surface area contributed by atoms with Gasteiger partial charge in [-0.25, -0.2) is 0 Å². The van der Waals surface area contributed by atoms with Crippen molar-refractivity contribution in [2.45, 2.75) is 238 Å². The quantitative estimate of drug-likeness (QED) is 0.0531. The Bertz CT molecular complexity index is 622. The van der Waals surface area contributed by atoms with Gasteiger partial charge in [0.05, 0.1) is 0 Å². The molecule has 0 heterocycles. The maximum absolute atomic E-state index is 12.0. The van der Waals surface area contributed by atoms with Crippen LogP contribution < -0.4 is 0 Å². The van der Waals surface area contributed by atoms with Gasteiger partial charge >= 0.3 is 11.9 Å². The van der Waals surface area contributed by atoms with Crippen molar-refractivity contribution in [1.29, 1.82) is 0 Å². The van der Waals surface area contributed by atoms with E-state index in [1.165, 1.54) is 180 Å². The second-order valence-electron chi connectivity index (χ2n) is 14.1. The molecule has 0 fully saturated rings. The predicted octanol–water partition coefficient (Wildman–Crippen LogP) is 12.7. The summed E-state index contributed by atoms with van der Waals surface area (Å²) in [5.74, 6) is -0.548. The van der Waals surface area contributed by atoms with E-state index in [9.17, 15) is 14.7 Å². The van der Waals surface area contributed by atoms with Crippen molar-refractivity contribution in [2.75, 3.05) is 13.2 Å². The largest absolute Gasteiger partial charge is 0.463 e. The highest BCUT2D eigenvalue weighted by Gasteiger charge is 2.12. The lowest BCUT2D eigenvalue weighted by molar-refractivity contribution is -0.152. The van der Waals surface area contributed by atoms with Gasteiger partial charge < -0.3 is 14.6 Å². The molecule has 0 aliphatic rings. The molecular formula is C41H80O5. The fourth-order valence-electron chi connectivity index (χ4n) is 6.21. The topological polar surface area (TPSA) is 72.8 Å². The number of hydrogen-bond acceptors (Lipinski definition) is 5. The number of rotatable bonds is 38. The van der Waals surface area contributed by atoms with E-state index in [-0.39, 0.29) is 25.2 Å². The molecule has 0 saturated heterocycles. The highest BCUT2D eigenvalue weighted by molar-refractivity contribution is 5.69. The summed E-state index contributed by atoms with van der Waals surface area (Å²) in [4.78, 5) is 23.9. The van der Waals surface area contributed by atoms with Gasteiger partial charge in [0.15, 0.2) is 0 Å². The van der Waals surface area contributed by atoms with Crippen LogP contribution in [0.2, 0.25) is 0 Å². The minimum Gasteiger partial charge on any atom is -0.463 e. The molecule has 0 aromatic carbocycles. The first kappa shape index (κ1) is 44.9. The minimum atomic E-state index is -0.954. The van der Waals surface area contributed by atoms with Crippen molar-refractivity contribution in [2.24, 2.45) is 0 Å². The standard InChI is InChI=1S/C41H80O5/c1-3-5-7-9-11-13-15-17-19-20-22-24-26-28-30-32-34-36-41(44)46-38-39(42)37-45-40(43)35-33-31-29-27-25-23-21-18-16-14-12-10-8-6-4-2/h39,42H,3-38H2,1-2H3/t39-/m1/s1. The number of carbonyl (C=O) groups excluding carboxylic acids is 2. The maximum atomic E-state index is 12.0. The van der Waals surface area contributed by atoms with Crippen LogP contribution in [0.4, 0.5) is 0 Å². The molecule has 0 unspecified atom stereocenters. The van der Waals surface area contributed by atoms with Gasteiger partial charge in [-0.3, -0.25) is 9.59 Å². The van der Waals surface area contributed by atoms with E-state index < -0.39 is 6.10 Å². The van der Waals surface area contributed by atoms with Crippen molar-refractivity contribution in [1.82, 2.24) is 0 Å². The number of unbranched alkanes of at least 4 members (excludes halogenated alkanes) is 30. The average Bonchev–Trinajstić information content (AvgIpc) is 3.06. The molecule has 1 atom stereocenters. The number of ether oxygens (including phenoxy) is 2. The summed E-state index contributed by atoms with van der Waals surface area (Å²) < 4.78 is 10.3. The van der Waals surface area contributed by atoms with E-state index >= 15 is 0 Å². The van der Waals surface area contributed by atoms with Gasteiger partial charge in [-0.2, -0.15) is 0 Å². The molecular weight excluding hydrogens is 572 g/mol. The number of hydrogen-bond donors (Lipinski definition) is 1. The lowest BCUT2D eigenvalue weighted by atomic mass is 10.0. The van der Waals surface area contributed by atoms with Crippen LogP contribution in [0.3, 0.4) is 0 Å². The van der Waals surface area contributed by atoms with E-state index in [1.807, 2.05) is 0 Å². The Hall–Kier alpha value is -1.10. The lowest BCUT2D eigenvalue weighted by Gasteiger charge is -2.12. The SMILES string of the molecule is CCCCCCCCCCCCCCCCCCCC(=O)OC[C@H](O)COC(=O)CCCCCCCCCCCCCCCCC. The molecule has 0 aromatic rings. The van der Waals surface area contributed by atoms with Crippen LogP contribution in [0.15, 0.2) is 0 Å². The summed E-state index contributed by atoms with van der Waals surface area (Å²) in [6, 6.07) is 0. The van der Waals surface area contributed by atoms with E-state index in [0.29, 0.717) is 12.8 Å². The fourth-order valence-corrected chi connectivity index (χ4v) is 6.21. The van der Waals surface area contributed by atoms with Crippen LogP contribution in [0.25, 0.3) is 0 Å². The first-order valence-corrected chi connectivity index (χ1v) is 20.6. The van der Waals surface area contributed by atoms with Crippen LogP contribution >= 0.6 is 0 Å². The monoisotopic (exact) mass is 653 g/mol.